The molecule has 1 heterocycles. The fraction of sp³-hybridized carbons (Fsp3) is 0.125. The topological polar surface area (TPSA) is 105 Å². The summed E-state index contributed by atoms with van der Waals surface area (Å²) in [6.45, 7) is -0.199. The van der Waals surface area contributed by atoms with Crippen LogP contribution in [-0.4, -0.2) is 38.0 Å². The summed E-state index contributed by atoms with van der Waals surface area (Å²) < 4.78 is 24.0. The van der Waals surface area contributed by atoms with Crippen LogP contribution in [0.15, 0.2) is 77.7 Å². The van der Waals surface area contributed by atoms with Crippen molar-refractivity contribution in [1.82, 2.24) is 10.3 Å². The highest BCUT2D eigenvalue weighted by atomic mass is 32.2. The number of aromatic nitrogens is 1. The molecule has 0 aliphatic heterocycles. The lowest BCUT2D eigenvalue weighted by molar-refractivity contribution is -0.123. The van der Waals surface area contributed by atoms with E-state index in [1.165, 1.54) is 35.6 Å². The number of carbonyl (C=O) groups excluding carboxylic acids is 2. The van der Waals surface area contributed by atoms with Crippen LogP contribution in [0.4, 0.5) is 5.69 Å². The van der Waals surface area contributed by atoms with Gasteiger partial charge in [-0.15, -0.1) is 11.3 Å². The van der Waals surface area contributed by atoms with Gasteiger partial charge in [-0.25, -0.2) is 13.4 Å². The highest BCUT2D eigenvalue weighted by Crippen LogP contribution is 2.28. The molecule has 3 aromatic carbocycles. The van der Waals surface area contributed by atoms with E-state index in [2.05, 4.69) is 21.7 Å². The molecule has 0 bridgehead atoms. The number of amides is 2. The third kappa shape index (κ3) is 5.82. The minimum absolute atomic E-state index is 0.0797. The molecule has 2 amide bonds. The van der Waals surface area contributed by atoms with Gasteiger partial charge in [0, 0.05) is 11.9 Å². The molecular formula is C24H21N3O4S2. The van der Waals surface area contributed by atoms with Crippen LogP contribution in [0.2, 0.25) is 0 Å². The Kier molecular flexibility index (Phi) is 6.52. The zero-order valence-electron chi connectivity index (χ0n) is 17.7. The van der Waals surface area contributed by atoms with Crippen LogP contribution in [0.1, 0.15) is 5.01 Å². The summed E-state index contributed by atoms with van der Waals surface area (Å²) in [6, 6.07) is 21.9. The van der Waals surface area contributed by atoms with Crippen LogP contribution in [0.5, 0.6) is 0 Å². The number of sulfone groups is 1. The Labute approximate surface area is 195 Å². The van der Waals surface area contributed by atoms with E-state index in [-0.39, 0.29) is 23.8 Å². The van der Waals surface area contributed by atoms with Gasteiger partial charge in [0.05, 0.1) is 28.1 Å². The molecular weight excluding hydrogens is 458 g/mol. The number of benzene rings is 3. The third-order valence-electron chi connectivity index (χ3n) is 4.86. The van der Waals surface area contributed by atoms with Crippen molar-refractivity contribution < 1.29 is 18.0 Å². The number of thiazole rings is 1. The molecule has 0 radical (unpaired) electrons. The molecule has 0 saturated carbocycles. The van der Waals surface area contributed by atoms with Crippen molar-refractivity contribution >= 4 is 48.9 Å². The second kappa shape index (κ2) is 9.51. The Morgan fingerprint density at radius 3 is 2.33 bits per heavy atom. The number of nitrogens with zero attached hydrogens (tertiary/aromatic N) is 1. The van der Waals surface area contributed by atoms with Gasteiger partial charge in [0.1, 0.15) is 5.01 Å². The quantitative estimate of drug-likeness (QED) is 0.421. The molecule has 1 aromatic heterocycles. The van der Waals surface area contributed by atoms with Crippen LogP contribution in [0, 0.1) is 0 Å². The highest BCUT2D eigenvalue weighted by molar-refractivity contribution is 7.90. The van der Waals surface area contributed by atoms with E-state index >= 15 is 0 Å². The van der Waals surface area contributed by atoms with Crippen molar-refractivity contribution in [2.75, 3.05) is 18.1 Å². The fourth-order valence-electron chi connectivity index (χ4n) is 3.23. The number of carbonyl (C=O) groups is 2. The van der Waals surface area contributed by atoms with Crippen molar-refractivity contribution in [2.45, 2.75) is 11.3 Å². The monoisotopic (exact) mass is 479 g/mol. The van der Waals surface area contributed by atoms with Crippen molar-refractivity contribution in [3.8, 4) is 11.1 Å². The van der Waals surface area contributed by atoms with Crippen molar-refractivity contribution in [3.63, 3.8) is 0 Å². The van der Waals surface area contributed by atoms with Gasteiger partial charge in [-0.05, 0) is 47.5 Å². The van der Waals surface area contributed by atoms with Gasteiger partial charge < -0.3 is 10.6 Å². The number of rotatable bonds is 7. The first-order valence-electron chi connectivity index (χ1n) is 10.1. The maximum absolute atomic E-state index is 12.3. The van der Waals surface area contributed by atoms with Gasteiger partial charge in [-0.2, -0.15) is 0 Å². The lowest BCUT2D eigenvalue weighted by Crippen LogP contribution is -2.33. The van der Waals surface area contributed by atoms with Crippen LogP contribution < -0.4 is 10.6 Å². The van der Waals surface area contributed by atoms with Gasteiger partial charge in [0.2, 0.25) is 11.8 Å². The second-order valence-corrected chi connectivity index (χ2v) is 10.6. The van der Waals surface area contributed by atoms with Crippen molar-refractivity contribution in [3.05, 3.63) is 77.8 Å². The maximum Gasteiger partial charge on any atom is 0.243 e. The Hall–Kier alpha value is -3.56. The molecule has 9 heteroatoms. The summed E-state index contributed by atoms with van der Waals surface area (Å²) in [4.78, 5) is 29.1. The van der Waals surface area contributed by atoms with Crippen molar-refractivity contribution in [1.29, 1.82) is 0 Å². The van der Waals surface area contributed by atoms with Gasteiger partial charge in [-0.3, -0.25) is 9.59 Å². The van der Waals surface area contributed by atoms with E-state index in [1.807, 2.05) is 42.5 Å². The predicted molar refractivity (Wildman–Crippen MR) is 130 cm³/mol. The Bertz CT molecular complexity index is 1410. The standard InChI is InChI=1S/C24H21N3O4S2/c1-33(30,31)19-10-8-18(9-11-19)26-23(29)15-25-22(28)14-24-27-20-12-7-17(13-21(20)32-24)16-5-3-2-4-6-16/h2-13H,14-15H2,1H3,(H,25,28)(H,26,29). The molecule has 33 heavy (non-hydrogen) atoms. The average molecular weight is 480 g/mol. The van der Waals surface area contributed by atoms with E-state index in [1.54, 1.807) is 0 Å². The van der Waals surface area contributed by atoms with Crippen molar-refractivity contribution in [2.24, 2.45) is 0 Å². The molecule has 4 aromatic rings. The fourth-order valence-corrected chi connectivity index (χ4v) is 4.86. The molecule has 4 rings (SSSR count). The molecule has 0 fully saturated rings. The summed E-state index contributed by atoms with van der Waals surface area (Å²) in [5.41, 5.74) is 3.48. The second-order valence-electron chi connectivity index (χ2n) is 7.45. The molecule has 0 saturated heterocycles. The van der Waals surface area contributed by atoms with E-state index in [4.69, 9.17) is 0 Å². The van der Waals surface area contributed by atoms with E-state index in [0.29, 0.717) is 10.7 Å². The average Bonchev–Trinajstić information content (AvgIpc) is 3.19. The van der Waals surface area contributed by atoms with E-state index in [9.17, 15) is 18.0 Å². The van der Waals surface area contributed by atoms with Crippen LogP contribution in [0.3, 0.4) is 0 Å². The molecule has 168 valence electrons. The lowest BCUT2D eigenvalue weighted by Gasteiger charge is -2.07. The first-order valence-corrected chi connectivity index (χ1v) is 12.8. The molecule has 0 aliphatic rings. The first kappa shape index (κ1) is 22.6. The third-order valence-corrected chi connectivity index (χ3v) is 7.01. The Morgan fingerprint density at radius 1 is 0.909 bits per heavy atom. The number of nitrogens with one attached hydrogen (secondary N) is 2. The van der Waals surface area contributed by atoms with E-state index in [0.717, 1.165) is 27.6 Å². The highest BCUT2D eigenvalue weighted by Gasteiger charge is 2.12. The number of fused-ring (bicyclic) bond motifs is 1. The molecule has 2 N–H and O–H groups in total. The smallest absolute Gasteiger partial charge is 0.243 e. The first-order chi connectivity index (χ1) is 15.8. The SMILES string of the molecule is CS(=O)(=O)c1ccc(NC(=O)CNC(=O)Cc2nc3ccc(-c4ccccc4)cc3s2)cc1. The zero-order valence-corrected chi connectivity index (χ0v) is 19.4. The van der Waals surface area contributed by atoms with Gasteiger partial charge in [-0.1, -0.05) is 36.4 Å². The summed E-state index contributed by atoms with van der Waals surface area (Å²) in [6.07, 6.45) is 1.19. The lowest BCUT2D eigenvalue weighted by atomic mass is 10.1. The number of hydrogen-bond donors (Lipinski definition) is 2. The molecule has 0 unspecified atom stereocenters. The zero-order chi connectivity index (χ0) is 23.4. The van der Waals surface area contributed by atoms with Crippen LogP contribution in [0.25, 0.3) is 21.3 Å². The van der Waals surface area contributed by atoms with E-state index < -0.39 is 15.7 Å². The van der Waals surface area contributed by atoms with Gasteiger partial charge in [0.15, 0.2) is 9.84 Å². The Morgan fingerprint density at radius 2 is 1.64 bits per heavy atom. The van der Waals surface area contributed by atoms with Gasteiger partial charge in [0.25, 0.3) is 0 Å². The molecule has 0 spiro atoms. The molecule has 0 atom stereocenters. The normalized spacial score (nSPS) is 11.3. The number of anilines is 1. The Balaban J connectivity index is 1.32. The summed E-state index contributed by atoms with van der Waals surface area (Å²) in [7, 11) is -3.30. The van der Waals surface area contributed by atoms with Crippen LogP contribution in [-0.2, 0) is 25.8 Å². The number of hydrogen-bond acceptors (Lipinski definition) is 6. The summed E-state index contributed by atoms with van der Waals surface area (Å²) in [5.74, 6) is -0.716. The minimum atomic E-state index is -3.30. The molecule has 7 nitrogen and oxygen atoms in total. The minimum Gasteiger partial charge on any atom is -0.347 e. The van der Waals surface area contributed by atoms with Crippen LogP contribution >= 0.6 is 11.3 Å². The maximum atomic E-state index is 12.3. The molecule has 0 aliphatic carbocycles. The summed E-state index contributed by atoms with van der Waals surface area (Å²) >= 11 is 1.45. The largest absolute Gasteiger partial charge is 0.347 e. The predicted octanol–water partition coefficient (Wildman–Crippen LogP) is 3.66. The summed E-state index contributed by atoms with van der Waals surface area (Å²) in [5, 5.41) is 5.88. The van der Waals surface area contributed by atoms with Gasteiger partial charge >= 0.3 is 0 Å².